The fourth-order valence-corrected chi connectivity index (χ4v) is 4.17. The maximum Gasteiger partial charge on any atom is 0.338 e. The molecule has 10 heteroatoms. The first-order valence-corrected chi connectivity index (χ1v) is 12.8. The number of imide groups is 1. The quantitative estimate of drug-likeness (QED) is 0.263. The Balaban J connectivity index is 1.36. The van der Waals surface area contributed by atoms with Gasteiger partial charge in [-0.3, -0.25) is 14.4 Å². The van der Waals surface area contributed by atoms with Gasteiger partial charge in [-0.25, -0.2) is 9.69 Å². The van der Waals surface area contributed by atoms with Crippen molar-refractivity contribution in [2.75, 3.05) is 15.5 Å². The van der Waals surface area contributed by atoms with Crippen molar-refractivity contribution in [2.24, 2.45) is 0 Å². The van der Waals surface area contributed by atoms with Crippen LogP contribution in [0.15, 0.2) is 77.5 Å². The number of benzene rings is 3. The molecule has 8 nitrogen and oxygen atoms in total. The first kappa shape index (κ1) is 27.9. The highest BCUT2D eigenvalue weighted by Gasteiger charge is 2.39. The number of rotatable bonds is 8. The van der Waals surface area contributed by atoms with E-state index >= 15 is 0 Å². The van der Waals surface area contributed by atoms with Crippen LogP contribution in [0, 0.1) is 6.92 Å². The maximum absolute atomic E-state index is 13.0. The molecule has 4 rings (SSSR count). The summed E-state index contributed by atoms with van der Waals surface area (Å²) < 4.78 is 5.15. The van der Waals surface area contributed by atoms with Crippen molar-refractivity contribution >= 4 is 64.0 Å². The molecule has 39 heavy (non-hydrogen) atoms. The predicted octanol–water partition coefficient (Wildman–Crippen LogP) is 5.83. The summed E-state index contributed by atoms with van der Waals surface area (Å²) >= 11 is 12.4. The highest BCUT2D eigenvalue weighted by Crippen LogP contribution is 2.32. The van der Waals surface area contributed by atoms with Crippen LogP contribution in [0.25, 0.3) is 0 Å². The molecule has 0 aliphatic carbocycles. The van der Waals surface area contributed by atoms with Gasteiger partial charge in [0.1, 0.15) is 10.7 Å². The van der Waals surface area contributed by atoms with Gasteiger partial charge in [-0.2, -0.15) is 0 Å². The molecule has 0 saturated carbocycles. The van der Waals surface area contributed by atoms with E-state index in [2.05, 4.69) is 10.6 Å². The van der Waals surface area contributed by atoms with E-state index in [0.29, 0.717) is 27.6 Å². The number of nitrogens with zero attached hydrogens (tertiary/aromatic N) is 1. The van der Waals surface area contributed by atoms with Crippen molar-refractivity contribution in [3.8, 4) is 0 Å². The number of hydrogen-bond acceptors (Lipinski definition) is 6. The minimum Gasteiger partial charge on any atom is -0.459 e. The molecule has 1 heterocycles. The van der Waals surface area contributed by atoms with E-state index in [0.717, 1.165) is 16.0 Å². The first-order valence-electron chi connectivity index (χ1n) is 12.0. The van der Waals surface area contributed by atoms with Gasteiger partial charge in [0.15, 0.2) is 0 Å². The van der Waals surface area contributed by atoms with Gasteiger partial charge in [0.2, 0.25) is 5.91 Å². The lowest BCUT2D eigenvalue weighted by molar-refractivity contribution is -0.120. The average Bonchev–Trinajstić information content (AvgIpc) is 3.09. The highest BCUT2D eigenvalue weighted by atomic mass is 35.5. The van der Waals surface area contributed by atoms with Gasteiger partial charge in [-0.1, -0.05) is 41.4 Å². The number of ether oxygens (including phenoxy) is 1. The van der Waals surface area contributed by atoms with Crippen LogP contribution in [0.4, 0.5) is 17.1 Å². The molecule has 0 saturated heterocycles. The minimum absolute atomic E-state index is 0.0513. The zero-order chi connectivity index (χ0) is 28.3. The lowest BCUT2D eigenvalue weighted by atomic mass is 10.1. The first-order chi connectivity index (χ1) is 18.5. The van der Waals surface area contributed by atoms with Crippen molar-refractivity contribution in [2.45, 2.75) is 33.3 Å². The largest absolute Gasteiger partial charge is 0.459 e. The Bertz CT molecular complexity index is 1480. The van der Waals surface area contributed by atoms with Gasteiger partial charge >= 0.3 is 5.97 Å². The fourth-order valence-electron chi connectivity index (χ4n) is 3.78. The third-order valence-corrected chi connectivity index (χ3v) is 6.53. The van der Waals surface area contributed by atoms with Crippen LogP contribution in [-0.2, 0) is 25.5 Å². The monoisotopic (exact) mass is 565 g/mol. The topological polar surface area (TPSA) is 105 Å². The fraction of sp³-hybridized carbons (Fsp3) is 0.172. The van der Waals surface area contributed by atoms with E-state index in [-0.39, 0.29) is 29.2 Å². The number of anilines is 3. The highest BCUT2D eigenvalue weighted by molar-refractivity contribution is 6.53. The van der Waals surface area contributed by atoms with E-state index < -0.39 is 17.8 Å². The van der Waals surface area contributed by atoms with E-state index in [4.69, 9.17) is 27.9 Å². The molecule has 0 atom stereocenters. The molecule has 1 aliphatic heterocycles. The van der Waals surface area contributed by atoms with Crippen molar-refractivity contribution in [1.82, 2.24) is 0 Å². The van der Waals surface area contributed by atoms with Crippen LogP contribution in [0.3, 0.4) is 0 Å². The Morgan fingerprint density at radius 2 is 1.54 bits per heavy atom. The van der Waals surface area contributed by atoms with Gasteiger partial charge in [0, 0.05) is 16.4 Å². The normalized spacial score (nSPS) is 13.2. The van der Waals surface area contributed by atoms with Crippen molar-refractivity contribution in [3.63, 3.8) is 0 Å². The number of nitrogens with one attached hydrogen (secondary N) is 2. The number of halogens is 2. The predicted molar refractivity (Wildman–Crippen MR) is 151 cm³/mol. The Morgan fingerprint density at radius 1 is 0.897 bits per heavy atom. The second-order valence-corrected chi connectivity index (χ2v) is 9.93. The second kappa shape index (κ2) is 11.7. The van der Waals surface area contributed by atoms with Crippen molar-refractivity contribution in [3.05, 3.63) is 99.2 Å². The number of hydrogen-bond donors (Lipinski definition) is 2. The Labute approximate surface area is 235 Å². The summed E-state index contributed by atoms with van der Waals surface area (Å²) in [6.45, 7) is 5.36. The van der Waals surface area contributed by atoms with Crippen LogP contribution in [0.1, 0.15) is 35.3 Å². The van der Waals surface area contributed by atoms with Crippen LogP contribution in [0.2, 0.25) is 5.02 Å². The summed E-state index contributed by atoms with van der Waals surface area (Å²) in [5, 5.41) is 5.89. The van der Waals surface area contributed by atoms with E-state index in [1.54, 1.807) is 74.5 Å². The number of aryl methyl sites for hydroxylation is 1. The molecule has 1 aliphatic rings. The molecule has 3 amide bonds. The molecule has 0 unspecified atom stereocenters. The van der Waals surface area contributed by atoms with Crippen LogP contribution in [-0.4, -0.2) is 29.8 Å². The molecule has 0 bridgehead atoms. The molecular formula is C29H25Cl2N3O5. The summed E-state index contributed by atoms with van der Waals surface area (Å²) in [5.41, 5.74) is 3.26. The molecule has 3 aromatic rings. The Morgan fingerprint density at radius 3 is 2.15 bits per heavy atom. The Kier molecular flexibility index (Phi) is 8.38. The standard InChI is InChI=1S/C29H25Cl2N3O5/c1-16(2)39-29(38)19-7-11-20(12-8-19)32-24(35)14-18-5-9-21(10-6-18)33-26-25(31)27(36)34(28(26)37)22-13-4-17(3)23(30)15-22/h4-13,15-16,33H,14H2,1-3H3,(H,32,35). The molecule has 3 aromatic carbocycles. The van der Waals surface area contributed by atoms with Crippen LogP contribution < -0.4 is 15.5 Å². The lowest BCUT2D eigenvalue weighted by Crippen LogP contribution is -2.32. The molecule has 200 valence electrons. The third kappa shape index (κ3) is 6.47. The zero-order valence-electron chi connectivity index (χ0n) is 21.4. The number of esters is 1. The van der Waals surface area contributed by atoms with Gasteiger partial charge in [-0.05, 0) is 80.4 Å². The van der Waals surface area contributed by atoms with Gasteiger partial charge in [0.25, 0.3) is 11.8 Å². The molecule has 0 fully saturated rings. The van der Waals surface area contributed by atoms with Gasteiger partial charge < -0.3 is 15.4 Å². The van der Waals surface area contributed by atoms with Crippen molar-refractivity contribution < 1.29 is 23.9 Å². The van der Waals surface area contributed by atoms with Gasteiger partial charge in [-0.15, -0.1) is 0 Å². The van der Waals surface area contributed by atoms with E-state index in [1.807, 2.05) is 6.92 Å². The van der Waals surface area contributed by atoms with Crippen LogP contribution >= 0.6 is 23.2 Å². The molecule has 2 N–H and O–H groups in total. The SMILES string of the molecule is Cc1ccc(N2C(=O)C(Cl)=C(Nc3ccc(CC(=O)Nc4ccc(C(=O)OC(C)C)cc4)cc3)C2=O)cc1Cl. The lowest BCUT2D eigenvalue weighted by Gasteiger charge is -2.16. The van der Waals surface area contributed by atoms with Crippen molar-refractivity contribution in [1.29, 1.82) is 0 Å². The minimum atomic E-state index is -0.651. The van der Waals surface area contributed by atoms with Crippen LogP contribution in [0.5, 0.6) is 0 Å². The Hall–Kier alpha value is -4.14. The number of amides is 3. The maximum atomic E-state index is 13.0. The van der Waals surface area contributed by atoms with E-state index in [9.17, 15) is 19.2 Å². The smallest absolute Gasteiger partial charge is 0.338 e. The second-order valence-electron chi connectivity index (χ2n) is 9.15. The molecule has 0 aromatic heterocycles. The molecular weight excluding hydrogens is 541 g/mol. The number of carbonyl (C=O) groups excluding carboxylic acids is 4. The van der Waals surface area contributed by atoms with Gasteiger partial charge in [0.05, 0.1) is 23.8 Å². The zero-order valence-corrected chi connectivity index (χ0v) is 22.9. The van der Waals surface area contributed by atoms with E-state index in [1.165, 1.54) is 6.07 Å². The summed E-state index contributed by atoms with van der Waals surface area (Å²) in [4.78, 5) is 51.1. The average molecular weight is 566 g/mol. The molecule has 0 spiro atoms. The summed E-state index contributed by atoms with van der Waals surface area (Å²) in [6, 6.07) is 18.1. The summed E-state index contributed by atoms with van der Waals surface area (Å²) in [6.07, 6.45) is -0.124. The third-order valence-electron chi connectivity index (χ3n) is 5.78. The molecule has 0 radical (unpaired) electrons. The number of carbonyl (C=O) groups is 4. The summed E-state index contributed by atoms with van der Waals surface area (Å²) in [7, 11) is 0. The summed E-state index contributed by atoms with van der Waals surface area (Å²) in [5.74, 6) is -1.92.